The number of carbonyl (C=O) groups excluding carboxylic acids is 1. The highest BCUT2D eigenvalue weighted by atomic mass is 16.5. The van der Waals surface area contributed by atoms with Crippen LogP contribution in [-0.2, 0) is 9.53 Å². The Morgan fingerprint density at radius 3 is 2.83 bits per heavy atom. The molecule has 18 heavy (non-hydrogen) atoms. The van der Waals surface area contributed by atoms with Crippen molar-refractivity contribution in [2.45, 2.75) is 13.8 Å². The Bertz CT molecular complexity index is 459. The molecule has 0 atom stereocenters. The Balaban J connectivity index is 2.70. The van der Waals surface area contributed by atoms with Crippen LogP contribution in [0.5, 0.6) is 5.75 Å². The van der Waals surface area contributed by atoms with Gasteiger partial charge in [-0.3, -0.25) is 0 Å². The molecule has 0 heterocycles. The minimum Gasteiger partial charge on any atom is -0.497 e. The summed E-state index contributed by atoms with van der Waals surface area (Å²) in [7, 11) is 1.63. The van der Waals surface area contributed by atoms with E-state index in [1.165, 1.54) is 6.08 Å². The van der Waals surface area contributed by atoms with Crippen molar-refractivity contribution in [2.75, 3.05) is 13.7 Å². The van der Waals surface area contributed by atoms with E-state index in [-0.39, 0.29) is 5.97 Å². The van der Waals surface area contributed by atoms with E-state index in [0.717, 1.165) is 16.9 Å². The molecule has 0 unspecified atom stereocenters. The molecule has 0 radical (unpaired) electrons. The summed E-state index contributed by atoms with van der Waals surface area (Å²) in [6, 6.07) is 7.70. The van der Waals surface area contributed by atoms with Crippen LogP contribution in [0.2, 0.25) is 0 Å². The van der Waals surface area contributed by atoms with Gasteiger partial charge in [-0.2, -0.15) is 0 Å². The van der Waals surface area contributed by atoms with E-state index in [1.807, 2.05) is 43.3 Å². The third-order valence-electron chi connectivity index (χ3n) is 2.26. The van der Waals surface area contributed by atoms with E-state index in [4.69, 9.17) is 9.47 Å². The largest absolute Gasteiger partial charge is 0.497 e. The minimum absolute atomic E-state index is 0.315. The van der Waals surface area contributed by atoms with Crippen molar-refractivity contribution < 1.29 is 14.3 Å². The quantitative estimate of drug-likeness (QED) is 0.454. The second-order valence-corrected chi connectivity index (χ2v) is 3.75. The smallest absolute Gasteiger partial charge is 0.330 e. The lowest BCUT2D eigenvalue weighted by Gasteiger charge is -2.00. The Labute approximate surface area is 108 Å². The van der Waals surface area contributed by atoms with Crippen LogP contribution in [0.3, 0.4) is 0 Å². The highest BCUT2D eigenvalue weighted by molar-refractivity contribution is 5.83. The Kier molecular flexibility index (Phi) is 5.71. The van der Waals surface area contributed by atoms with Crippen LogP contribution in [-0.4, -0.2) is 19.7 Å². The van der Waals surface area contributed by atoms with Gasteiger partial charge in [0.15, 0.2) is 0 Å². The van der Waals surface area contributed by atoms with Gasteiger partial charge >= 0.3 is 5.97 Å². The summed E-state index contributed by atoms with van der Waals surface area (Å²) in [5.74, 6) is 0.495. The van der Waals surface area contributed by atoms with E-state index in [9.17, 15) is 4.79 Å². The first-order valence-electron chi connectivity index (χ1n) is 5.83. The number of carbonyl (C=O) groups is 1. The highest BCUT2D eigenvalue weighted by Gasteiger charge is 1.96. The number of esters is 1. The fourth-order valence-corrected chi connectivity index (χ4v) is 1.39. The molecule has 0 aliphatic rings. The first-order valence-corrected chi connectivity index (χ1v) is 5.83. The number of benzene rings is 1. The van der Waals surface area contributed by atoms with E-state index in [0.29, 0.717) is 6.61 Å². The van der Waals surface area contributed by atoms with Crippen molar-refractivity contribution in [2.24, 2.45) is 0 Å². The number of rotatable bonds is 5. The molecule has 96 valence electrons. The Hall–Kier alpha value is -2.03. The summed E-state index contributed by atoms with van der Waals surface area (Å²) in [5.41, 5.74) is 1.86. The molecule has 0 aliphatic heterocycles. The Morgan fingerprint density at radius 1 is 1.39 bits per heavy atom. The molecule has 0 saturated carbocycles. The number of ether oxygens (including phenoxy) is 2. The lowest BCUT2D eigenvalue weighted by molar-refractivity contribution is -0.137. The first-order chi connectivity index (χ1) is 8.65. The SMILES string of the molecule is CCOC(=O)C=C(C)C=Cc1cccc(OC)c1. The fraction of sp³-hybridized carbons (Fsp3) is 0.267. The van der Waals surface area contributed by atoms with Crippen LogP contribution in [0.4, 0.5) is 0 Å². The molecular weight excluding hydrogens is 228 g/mol. The lowest BCUT2D eigenvalue weighted by atomic mass is 10.1. The summed E-state index contributed by atoms with van der Waals surface area (Å²) < 4.78 is 9.97. The van der Waals surface area contributed by atoms with Crippen molar-refractivity contribution in [3.05, 3.63) is 47.6 Å². The van der Waals surface area contributed by atoms with Crippen LogP contribution in [0, 0.1) is 0 Å². The average Bonchev–Trinajstić information content (AvgIpc) is 2.37. The second-order valence-electron chi connectivity index (χ2n) is 3.75. The predicted octanol–water partition coefficient (Wildman–Crippen LogP) is 3.22. The predicted molar refractivity (Wildman–Crippen MR) is 72.4 cm³/mol. The van der Waals surface area contributed by atoms with Gasteiger partial charge in [0.25, 0.3) is 0 Å². The van der Waals surface area contributed by atoms with E-state index in [1.54, 1.807) is 14.0 Å². The van der Waals surface area contributed by atoms with Crippen molar-refractivity contribution in [3.8, 4) is 5.75 Å². The number of hydrogen-bond donors (Lipinski definition) is 0. The topological polar surface area (TPSA) is 35.5 Å². The second kappa shape index (κ2) is 7.33. The van der Waals surface area contributed by atoms with Crippen molar-refractivity contribution >= 4 is 12.0 Å². The third-order valence-corrected chi connectivity index (χ3v) is 2.26. The first kappa shape index (κ1) is 14.0. The molecule has 0 N–H and O–H groups in total. The van der Waals surface area contributed by atoms with Crippen molar-refractivity contribution in [3.63, 3.8) is 0 Å². The van der Waals surface area contributed by atoms with Gasteiger partial charge in [0, 0.05) is 6.08 Å². The molecule has 0 aromatic heterocycles. The molecule has 3 nitrogen and oxygen atoms in total. The maximum absolute atomic E-state index is 11.2. The number of allylic oxidation sites excluding steroid dienone is 2. The van der Waals surface area contributed by atoms with Crippen LogP contribution < -0.4 is 4.74 Å². The molecule has 1 aromatic carbocycles. The van der Waals surface area contributed by atoms with Gasteiger partial charge < -0.3 is 9.47 Å². The minimum atomic E-state index is -0.315. The molecule has 3 heteroatoms. The normalized spacial score (nSPS) is 11.6. The van der Waals surface area contributed by atoms with Gasteiger partial charge in [-0.05, 0) is 37.1 Å². The van der Waals surface area contributed by atoms with Gasteiger partial charge in [0.05, 0.1) is 13.7 Å². The average molecular weight is 246 g/mol. The maximum Gasteiger partial charge on any atom is 0.330 e. The van der Waals surface area contributed by atoms with Gasteiger partial charge in [0.2, 0.25) is 0 Å². The summed E-state index contributed by atoms with van der Waals surface area (Å²) >= 11 is 0. The molecule has 0 aliphatic carbocycles. The highest BCUT2D eigenvalue weighted by Crippen LogP contribution is 2.14. The van der Waals surface area contributed by atoms with Gasteiger partial charge in [-0.25, -0.2) is 4.79 Å². The van der Waals surface area contributed by atoms with Gasteiger partial charge in [-0.15, -0.1) is 0 Å². The number of methoxy groups -OCH3 is 1. The van der Waals surface area contributed by atoms with Crippen molar-refractivity contribution in [1.29, 1.82) is 0 Å². The van der Waals surface area contributed by atoms with E-state index in [2.05, 4.69) is 0 Å². The zero-order valence-electron chi connectivity index (χ0n) is 11.0. The van der Waals surface area contributed by atoms with Crippen LogP contribution >= 0.6 is 0 Å². The Morgan fingerprint density at radius 2 is 2.17 bits per heavy atom. The number of hydrogen-bond acceptors (Lipinski definition) is 3. The summed E-state index contributed by atoms with van der Waals surface area (Å²) in [6.45, 7) is 4.03. The lowest BCUT2D eigenvalue weighted by Crippen LogP contribution is -1.99. The summed E-state index contributed by atoms with van der Waals surface area (Å²) in [4.78, 5) is 11.2. The molecule has 0 bridgehead atoms. The molecule has 1 aromatic rings. The summed E-state index contributed by atoms with van der Waals surface area (Å²) in [5, 5.41) is 0. The fourth-order valence-electron chi connectivity index (χ4n) is 1.39. The molecular formula is C15H18O3. The van der Waals surface area contributed by atoms with E-state index < -0.39 is 0 Å². The zero-order chi connectivity index (χ0) is 13.4. The molecule has 0 amide bonds. The maximum atomic E-state index is 11.2. The van der Waals surface area contributed by atoms with Gasteiger partial charge in [-0.1, -0.05) is 24.3 Å². The zero-order valence-corrected chi connectivity index (χ0v) is 11.0. The van der Waals surface area contributed by atoms with Crippen molar-refractivity contribution in [1.82, 2.24) is 0 Å². The van der Waals surface area contributed by atoms with Crippen LogP contribution in [0.15, 0.2) is 42.0 Å². The van der Waals surface area contributed by atoms with Crippen LogP contribution in [0.25, 0.3) is 6.08 Å². The standard InChI is InChI=1S/C15H18O3/c1-4-18-15(16)10-12(2)8-9-13-6-5-7-14(11-13)17-3/h5-11H,4H2,1-3H3. The van der Waals surface area contributed by atoms with Crippen LogP contribution in [0.1, 0.15) is 19.4 Å². The molecule has 1 rings (SSSR count). The third kappa shape index (κ3) is 4.87. The molecule has 0 saturated heterocycles. The van der Waals surface area contributed by atoms with Gasteiger partial charge in [0.1, 0.15) is 5.75 Å². The summed E-state index contributed by atoms with van der Waals surface area (Å²) in [6.07, 6.45) is 5.26. The monoisotopic (exact) mass is 246 g/mol. The molecule has 0 fully saturated rings. The molecule has 0 spiro atoms. The van der Waals surface area contributed by atoms with E-state index >= 15 is 0 Å².